The molecule has 158 valence electrons. The second-order valence-corrected chi connectivity index (χ2v) is 7.28. The van der Waals surface area contributed by atoms with E-state index in [0.29, 0.717) is 22.8 Å². The first-order chi connectivity index (χ1) is 14.4. The van der Waals surface area contributed by atoms with Crippen LogP contribution in [0.5, 0.6) is 5.75 Å². The molecule has 0 aliphatic carbocycles. The number of carbonyl (C=O) groups is 3. The number of para-hydroxylation sites is 1. The van der Waals surface area contributed by atoms with Gasteiger partial charge in [0.15, 0.2) is 6.10 Å². The summed E-state index contributed by atoms with van der Waals surface area (Å²) in [6.45, 7) is 5.44. The first-order valence-electron chi connectivity index (χ1n) is 10.2. The smallest absolute Gasteiger partial charge is 0.268 e. The molecule has 0 spiro atoms. The third kappa shape index (κ3) is 4.79. The van der Waals surface area contributed by atoms with E-state index in [9.17, 15) is 14.4 Å². The third-order valence-corrected chi connectivity index (χ3v) is 5.15. The van der Waals surface area contributed by atoms with Crippen LogP contribution < -0.4 is 20.3 Å². The molecule has 2 aromatic carbocycles. The standard InChI is InChI=1S/C23H27N3O4/c1-4-16(5-2)22(28)25-18-11-12-20-19(13-18)26(23(29)15(3)30-20)14-21(27)24-17-9-7-6-8-10-17/h6-13,15-16H,4-5,14H2,1-3H3,(H,24,27)(H,25,28). The zero-order valence-corrected chi connectivity index (χ0v) is 17.5. The van der Waals surface area contributed by atoms with Crippen molar-refractivity contribution in [3.8, 4) is 5.75 Å². The fourth-order valence-electron chi connectivity index (χ4n) is 3.42. The number of hydrogen-bond donors (Lipinski definition) is 2. The van der Waals surface area contributed by atoms with Crippen molar-refractivity contribution >= 4 is 34.8 Å². The fourth-order valence-corrected chi connectivity index (χ4v) is 3.42. The number of amides is 3. The molecule has 1 atom stereocenters. The normalized spacial score (nSPS) is 15.4. The largest absolute Gasteiger partial charge is 0.479 e. The first-order valence-corrected chi connectivity index (χ1v) is 10.2. The van der Waals surface area contributed by atoms with E-state index in [1.165, 1.54) is 4.90 Å². The van der Waals surface area contributed by atoms with E-state index < -0.39 is 6.10 Å². The van der Waals surface area contributed by atoms with Crippen molar-refractivity contribution in [2.24, 2.45) is 5.92 Å². The Bertz CT molecular complexity index is 925. The summed E-state index contributed by atoms with van der Waals surface area (Å²) >= 11 is 0. The molecule has 2 N–H and O–H groups in total. The van der Waals surface area contributed by atoms with Gasteiger partial charge in [-0.15, -0.1) is 0 Å². The molecule has 1 heterocycles. The Balaban J connectivity index is 1.81. The Labute approximate surface area is 176 Å². The van der Waals surface area contributed by atoms with E-state index >= 15 is 0 Å². The summed E-state index contributed by atoms with van der Waals surface area (Å²) in [6.07, 6.45) is 0.795. The predicted molar refractivity (Wildman–Crippen MR) is 117 cm³/mol. The van der Waals surface area contributed by atoms with Crippen molar-refractivity contribution in [2.45, 2.75) is 39.7 Å². The van der Waals surface area contributed by atoms with E-state index in [4.69, 9.17) is 4.74 Å². The van der Waals surface area contributed by atoms with Crippen LogP contribution in [0.2, 0.25) is 0 Å². The Morgan fingerprint density at radius 2 is 1.73 bits per heavy atom. The van der Waals surface area contributed by atoms with Crippen LogP contribution >= 0.6 is 0 Å². The van der Waals surface area contributed by atoms with Crippen LogP contribution in [0.1, 0.15) is 33.6 Å². The Morgan fingerprint density at radius 3 is 2.40 bits per heavy atom. The minimum atomic E-state index is -0.702. The second kappa shape index (κ2) is 9.43. The summed E-state index contributed by atoms with van der Waals surface area (Å²) in [5.74, 6) is -0.276. The van der Waals surface area contributed by atoms with Crippen LogP contribution in [0.15, 0.2) is 48.5 Å². The van der Waals surface area contributed by atoms with Crippen molar-refractivity contribution in [3.05, 3.63) is 48.5 Å². The van der Waals surface area contributed by atoms with Crippen LogP contribution in [0.4, 0.5) is 17.1 Å². The van der Waals surface area contributed by atoms with Crippen molar-refractivity contribution in [2.75, 3.05) is 22.1 Å². The lowest BCUT2D eigenvalue weighted by Crippen LogP contribution is -2.47. The topological polar surface area (TPSA) is 87.7 Å². The lowest BCUT2D eigenvalue weighted by atomic mass is 10.0. The van der Waals surface area contributed by atoms with Crippen LogP contribution in [0.3, 0.4) is 0 Å². The molecule has 1 aliphatic heterocycles. The molecule has 0 saturated heterocycles. The minimum Gasteiger partial charge on any atom is -0.479 e. The molecule has 0 aromatic heterocycles. The van der Waals surface area contributed by atoms with Gasteiger partial charge in [0, 0.05) is 17.3 Å². The zero-order chi connectivity index (χ0) is 21.7. The summed E-state index contributed by atoms with van der Waals surface area (Å²) in [7, 11) is 0. The molecular formula is C23H27N3O4. The number of nitrogens with one attached hydrogen (secondary N) is 2. The Hall–Kier alpha value is -3.35. The van der Waals surface area contributed by atoms with Gasteiger partial charge < -0.3 is 15.4 Å². The van der Waals surface area contributed by atoms with Gasteiger partial charge in [0.05, 0.1) is 5.69 Å². The summed E-state index contributed by atoms with van der Waals surface area (Å²) in [5, 5.41) is 5.69. The molecule has 0 radical (unpaired) electrons. The number of anilines is 3. The predicted octanol–water partition coefficient (Wildman–Crippen LogP) is 3.81. The molecule has 1 unspecified atom stereocenters. The third-order valence-electron chi connectivity index (χ3n) is 5.15. The Kier molecular flexibility index (Phi) is 6.72. The zero-order valence-electron chi connectivity index (χ0n) is 17.5. The van der Waals surface area contributed by atoms with Gasteiger partial charge in [0.2, 0.25) is 11.8 Å². The minimum absolute atomic E-state index is 0.0651. The van der Waals surface area contributed by atoms with Gasteiger partial charge in [-0.05, 0) is 50.1 Å². The van der Waals surface area contributed by atoms with E-state index in [-0.39, 0.29) is 30.2 Å². The molecule has 0 saturated carbocycles. The number of ether oxygens (including phenoxy) is 1. The van der Waals surface area contributed by atoms with Gasteiger partial charge in [-0.2, -0.15) is 0 Å². The fraction of sp³-hybridized carbons (Fsp3) is 0.348. The van der Waals surface area contributed by atoms with Gasteiger partial charge in [0.1, 0.15) is 12.3 Å². The van der Waals surface area contributed by atoms with Crippen molar-refractivity contribution in [3.63, 3.8) is 0 Å². The molecule has 30 heavy (non-hydrogen) atoms. The van der Waals surface area contributed by atoms with E-state index in [1.807, 2.05) is 32.0 Å². The van der Waals surface area contributed by atoms with Gasteiger partial charge in [-0.1, -0.05) is 32.0 Å². The summed E-state index contributed by atoms with van der Waals surface area (Å²) in [4.78, 5) is 39.1. The number of rotatable bonds is 7. The van der Waals surface area contributed by atoms with E-state index in [0.717, 1.165) is 12.8 Å². The highest BCUT2D eigenvalue weighted by molar-refractivity contribution is 6.06. The number of hydrogen-bond acceptors (Lipinski definition) is 4. The highest BCUT2D eigenvalue weighted by Crippen LogP contribution is 2.36. The highest BCUT2D eigenvalue weighted by atomic mass is 16.5. The van der Waals surface area contributed by atoms with Crippen molar-refractivity contribution < 1.29 is 19.1 Å². The lowest BCUT2D eigenvalue weighted by molar-refractivity contribution is -0.127. The number of carbonyl (C=O) groups excluding carboxylic acids is 3. The van der Waals surface area contributed by atoms with Gasteiger partial charge in [0.25, 0.3) is 5.91 Å². The van der Waals surface area contributed by atoms with Gasteiger partial charge in [-0.3, -0.25) is 19.3 Å². The highest BCUT2D eigenvalue weighted by Gasteiger charge is 2.33. The summed E-state index contributed by atoms with van der Waals surface area (Å²) in [6, 6.07) is 14.2. The maximum absolute atomic E-state index is 12.7. The molecule has 3 amide bonds. The molecular weight excluding hydrogens is 382 g/mol. The van der Waals surface area contributed by atoms with Crippen LogP contribution in [-0.2, 0) is 14.4 Å². The molecule has 7 nitrogen and oxygen atoms in total. The van der Waals surface area contributed by atoms with Gasteiger partial charge >= 0.3 is 0 Å². The number of nitrogens with zero attached hydrogens (tertiary/aromatic N) is 1. The van der Waals surface area contributed by atoms with Gasteiger partial charge in [-0.25, -0.2) is 0 Å². The molecule has 7 heteroatoms. The van der Waals surface area contributed by atoms with E-state index in [2.05, 4.69) is 10.6 Å². The molecule has 0 bridgehead atoms. The SMILES string of the molecule is CCC(CC)C(=O)Nc1ccc2c(c1)N(CC(=O)Nc1ccccc1)C(=O)C(C)O2. The molecule has 1 aliphatic rings. The first kappa shape index (κ1) is 21.4. The average Bonchev–Trinajstić information content (AvgIpc) is 2.73. The lowest BCUT2D eigenvalue weighted by Gasteiger charge is -2.33. The molecule has 3 rings (SSSR count). The maximum atomic E-state index is 12.7. The van der Waals surface area contributed by atoms with Crippen molar-refractivity contribution in [1.29, 1.82) is 0 Å². The maximum Gasteiger partial charge on any atom is 0.268 e. The second-order valence-electron chi connectivity index (χ2n) is 7.28. The van der Waals surface area contributed by atoms with Crippen molar-refractivity contribution in [1.82, 2.24) is 0 Å². The number of fused-ring (bicyclic) bond motifs is 1. The Morgan fingerprint density at radius 1 is 1.03 bits per heavy atom. The van der Waals surface area contributed by atoms with Crippen LogP contribution in [-0.4, -0.2) is 30.4 Å². The summed E-state index contributed by atoms with van der Waals surface area (Å²) < 4.78 is 5.69. The summed E-state index contributed by atoms with van der Waals surface area (Å²) in [5.41, 5.74) is 1.68. The van der Waals surface area contributed by atoms with E-state index in [1.54, 1.807) is 37.3 Å². The monoisotopic (exact) mass is 409 g/mol. The van der Waals surface area contributed by atoms with Crippen LogP contribution in [0, 0.1) is 5.92 Å². The molecule has 0 fully saturated rings. The van der Waals surface area contributed by atoms with Crippen LogP contribution in [0.25, 0.3) is 0 Å². The average molecular weight is 409 g/mol. The quantitative estimate of drug-likeness (QED) is 0.728. The number of benzene rings is 2. The molecule has 2 aromatic rings.